The summed E-state index contributed by atoms with van der Waals surface area (Å²) in [6, 6.07) is 2.18. The van der Waals surface area contributed by atoms with Gasteiger partial charge in [-0.1, -0.05) is 39.0 Å². The van der Waals surface area contributed by atoms with Gasteiger partial charge in [0.1, 0.15) is 0 Å². The lowest BCUT2D eigenvalue weighted by Gasteiger charge is -2.07. The first-order valence-electron chi connectivity index (χ1n) is 6.56. The maximum atomic E-state index is 12.5. The fourth-order valence-electron chi connectivity index (χ4n) is 1.88. The fraction of sp³-hybridized carbons (Fsp3) is 0.643. The Bertz CT molecular complexity index is 347. The molecule has 1 aromatic rings. The van der Waals surface area contributed by atoms with Crippen LogP contribution in [-0.2, 0) is 12.6 Å². The Morgan fingerprint density at radius 1 is 1.06 bits per heavy atom. The first-order chi connectivity index (χ1) is 8.54. The fourth-order valence-corrected chi connectivity index (χ4v) is 1.88. The van der Waals surface area contributed by atoms with Crippen LogP contribution in [0.2, 0.25) is 0 Å². The van der Waals surface area contributed by atoms with Gasteiger partial charge in [-0.25, -0.2) is 0 Å². The van der Waals surface area contributed by atoms with Gasteiger partial charge < -0.3 is 0 Å². The molecule has 18 heavy (non-hydrogen) atoms. The normalized spacial score (nSPS) is 11.8. The topological polar surface area (TPSA) is 12.9 Å². The van der Waals surface area contributed by atoms with Crippen LogP contribution < -0.4 is 0 Å². The predicted octanol–water partition coefficient (Wildman–Crippen LogP) is 5.00. The molecule has 102 valence electrons. The second-order valence-corrected chi connectivity index (χ2v) is 4.55. The highest BCUT2D eigenvalue weighted by Crippen LogP contribution is 2.29. The quantitative estimate of drug-likeness (QED) is 0.628. The molecule has 0 spiro atoms. The van der Waals surface area contributed by atoms with E-state index in [4.69, 9.17) is 0 Å². The van der Waals surface area contributed by atoms with Gasteiger partial charge in [-0.2, -0.15) is 13.2 Å². The molecule has 0 atom stereocenters. The van der Waals surface area contributed by atoms with Gasteiger partial charge in [-0.05, 0) is 25.0 Å². The third-order valence-corrected chi connectivity index (χ3v) is 2.93. The smallest absolute Gasteiger partial charge is 0.261 e. The molecule has 0 saturated heterocycles. The molecule has 0 aliphatic carbocycles. The lowest BCUT2D eigenvalue weighted by molar-refractivity contribution is -0.137. The lowest BCUT2D eigenvalue weighted by atomic mass is 10.1. The zero-order valence-corrected chi connectivity index (χ0v) is 10.8. The zero-order valence-electron chi connectivity index (χ0n) is 10.8. The van der Waals surface area contributed by atoms with Crippen molar-refractivity contribution in [2.24, 2.45) is 0 Å². The van der Waals surface area contributed by atoms with Gasteiger partial charge in [-0.15, -0.1) is 0 Å². The number of alkyl halides is 3. The van der Waals surface area contributed by atoms with Crippen molar-refractivity contribution in [3.8, 4) is 0 Å². The van der Waals surface area contributed by atoms with E-state index in [1.165, 1.54) is 25.5 Å². The third kappa shape index (κ3) is 5.52. The van der Waals surface area contributed by atoms with E-state index in [-0.39, 0.29) is 0 Å². The van der Waals surface area contributed by atoms with E-state index in [2.05, 4.69) is 11.9 Å². The summed E-state index contributed by atoms with van der Waals surface area (Å²) in [5.41, 5.74) is -0.0567. The maximum absolute atomic E-state index is 12.5. The van der Waals surface area contributed by atoms with Crippen LogP contribution >= 0.6 is 0 Å². The second kappa shape index (κ2) is 7.39. The minimum atomic E-state index is -4.27. The minimum Gasteiger partial charge on any atom is -0.261 e. The summed E-state index contributed by atoms with van der Waals surface area (Å²) in [6.45, 7) is 2.16. The number of pyridine rings is 1. The van der Waals surface area contributed by atoms with Crippen LogP contribution in [0.1, 0.15) is 56.7 Å². The molecule has 0 amide bonds. The Balaban J connectivity index is 2.34. The van der Waals surface area contributed by atoms with Crippen molar-refractivity contribution in [3.63, 3.8) is 0 Å². The van der Waals surface area contributed by atoms with E-state index in [1.807, 2.05) is 0 Å². The van der Waals surface area contributed by atoms with Crippen LogP contribution in [0.25, 0.3) is 0 Å². The number of halogens is 3. The summed E-state index contributed by atoms with van der Waals surface area (Å²) >= 11 is 0. The molecule has 1 nitrogen and oxygen atoms in total. The number of rotatable bonds is 7. The van der Waals surface area contributed by atoms with Crippen molar-refractivity contribution in [1.82, 2.24) is 4.98 Å². The Kier molecular flexibility index (Phi) is 6.16. The summed E-state index contributed by atoms with van der Waals surface area (Å²) in [6.07, 6.45) is 4.41. The van der Waals surface area contributed by atoms with E-state index in [0.717, 1.165) is 31.4 Å². The van der Waals surface area contributed by atoms with Crippen molar-refractivity contribution < 1.29 is 13.2 Å². The van der Waals surface area contributed by atoms with Crippen LogP contribution in [-0.4, -0.2) is 4.98 Å². The SMILES string of the molecule is CCCCCCCCc1cc(C(F)(F)F)ccn1. The van der Waals surface area contributed by atoms with Crippen molar-refractivity contribution in [2.75, 3.05) is 0 Å². The lowest BCUT2D eigenvalue weighted by Crippen LogP contribution is -2.06. The van der Waals surface area contributed by atoms with Crippen molar-refractivity contribution in [2.45, 2.75) is 58.0 Å². The second-order valence-electron chi connectivity index (χ2n) is 4.55. The summed E-state index contributed by atoms with van der Waals surface area (Å²) in [7, 11) is 0. The van der Waals surface area contributed by atoms with Crippen molar-refractivity contribution >= 4 is 0 Å². The summed E-state index contributed by atoms with van der Waals surface area (Å²) in [5.74, 6) is 0. The van der Waals surface area contributed by atoms with Gasteiger partial charge in [0, 0.05) is 11.9 Å². The van der Waals surface area contributed by atoms with E-state index >= 15 is 0 Å². The highest BCUT2D eigenvalue weighted by atomic mass is 19.4. The average molecular weight is 259 g/mol. The van der Waals surface area contributed by atoms with Crippen molar-refractivity contribution in [3.05, 3.63) is 29.6 Å². The molecule has 0 saturated carbocycles. The van der Waals surface area contributed by atoms with Gasteiger partial charge in [0.25, 0.3) is 0 Å². The molecule has 0 fully saturated rings. The van der Waals surface area contributed by atoms with Gasteiger partial charge in [0.2, 0.25) is 0 Å². The number of hydrogen-bond donors (Lipinski definition) is 0. The number of unbranched alkanes of at least 4 members (excludes halogenated alkanes) is 5. The molecule has 0 bridgehead atoms. The maximum Gasteiger partial charge on any atom is 0.416 e. The Morgan fingerprint density at radius 3 is 2.39 bits per heavy atom. The van der Waals surface area contributed by atoms with Crippen molar-refractivity contribution in [1.29, 1.82) is 0 Å². The average Bonchev–Trinajstić information content (AvgIpc) is 2.33. The highest BCUT2D eigenvalue weighted by Gasteiger charge is 2.30. The van der Waals surface area contributed by atoms with Gasteiger partial charge in [-0.3, -0.25) is 4.98 Å². The van der Waals surface area contributed by atoms with Crippen LogP contribution in [0.15, 0.2) is 18.3 Å². The summed E-state index contributed by atoms with van der Waals surface area (Å²) < 4.78 is 37.4. The predicted molar refractivity (Wildman–Crippen MR) is 66.3 cm³/mol. The summed E-state index contributed by atoms with van der Waals surface area (Å²) in [4.78, 5) is 3.99. The molecule has 4 heteroatoms. The molecule has 1 aromatic heterocycles. The van der Waals surface area contributed by atoms with E-state index in [0.29, 0.717) is 12.1 Å². The number of aromatic nitrogens is 1. The summed E-state index contributed by atoms with van der Waals surface area (Å²) in [5, 5.41) is 0. The Hall–Kier alpha value is -1.06. The number of nitrogens with zero attached hydrogens (tertiary/aromatic N) is 1. The molecular weight excluding hydrogens is 239 g/mol. The largest absolute Gasteiger partial charge is 0.416 e. The van der Waals surface area contributed by atoms with E-state index in [1.54, 1.807) is 0 Å². The minimum absolute atomic E-state index is 0.542. The van der Waals surface area contributed by atoms with Crippen LogP contribution in [0.4, 0.5) is 13.2 Å². The standard InChI is InChI=1S/C14H20F3N/c1-2-3-4-5-6-7-8-13-11-12(9-10-18-13)14(15,16)17/h9-11H,2-8H2,1H3. The first kappa shape index (κ1) is 15.0. The van der Waals surface area contributed by atoms with Crippen LogP contribution in [0.5, 0.6) is 0 Å². The van der Waals surface area contributed by atoms with Gasteiger partial charge in [0.15, 0.2) is 0 Å². The van der Waals surface area contributed by atoms with E-state index in [9.17, 15) is 13.2 Å². The molecule has 0 aliphatic rings. The molecule has 0 aromatic carbocycles. The van der Waals surface area contributed by atoms with Crippen LogP contribution in [0.3, 0.4) is 0 Å². The third-order valence-electron chi connectivity index (χ3n) is 2.93. The monoisotopic (exact) mass is 259 g/mol. The molecule has 0 N–H and O–H groups in total. The molecule has 1 rings (SSSR count). The van der Waals surface area contributed by atoms with E-state index < -0.39 is 11.7 Å². The molecule has 0 unspecified atom stereocenters. The Labute approximate surface area is 106 Å². The highest BCUT2D eigenvalue weighted by molar-refractivity contribution is 5.19. The number of aryl methyl sites for hydroxylation is 1. The molecule has 1 heterocycles. The molecule has 0 aliphatic heterocycles. The molecule has 0 radical (unpaired) electrons. The number of hydrogen-bond acceptors (Lipinski definition) is 1. The Morgan fingerprint density at radius 2 is 1.72 bits per heavy atom. The first-order valence-corrected chi connectivity index (χ1v) is 6.56. The van der Waals surface area contributed by atoms with Gasteiger partial charge in [0.05, 0.1) is 5.56 Å². The molecular formula is C14H20F3N. The van der Waals surface area contributed by atoms with Gasteiger partial charge >= 0.3 is 6.18 Å². The zero-order chi connectivity index (χ0) is 13.4. The van der Waals surface area contributed by atoms with Crippen LogP contribution in [0, 0.1) is 0 Å².